The van der Waals surface area contributed by atoms with Crippen molar-refractivity contribution in [3.63, 3.8) is 0 Å². The van der Waals surface area contributed by atoms with E-state index in [0.717, 1.165) is 25.9 Å². The molecule has 0 unspecified atom stereocenters. The summed E-state index contributed by atoms with van der Waals surface area (Å²) in [6.07, 6.45) is 7.53. The summed E-state index contributed by atoms with van der Waals surface area (Å²) in [4.78, 5) is 12.1. The summed E-state index contributed by atoms with van der Waals surface area (Å²) in [7, 11) is 0. The van der Waals surface area contributed by atoms with Crippen LogP contribution >= 0.6 is 0 Å². The SMILES string of the molecule is CC(C)(C)n1ncc2c1CCC[C@H]2NC(=O)COCC1CC1. The van der Waals surface area contributed by atoms with Crippen LogP contribution in [0.2, 0.25) is 0 Å². The third-order valence-corrected chi connectivity index (χ3v) is 4.44. The number of carbonyl (C=O) groups excluding carboxylic acids is 1. The molecule has 5 heteroatoms. The van der Waals surface area contributed by atoms with Crippen molar-refractivity contribution in [1.82, 2.24) is 15.1 Å². The fraction of sp³-hybridized carbons (Fsp3) is 0.765. The Balaban J connectivity index is 1.61. The van der Waals surface area contributed by atoms with E-state index >= 15 is 0 Å². The Hall–Kier alpha value is -1.36. The molecule has 22 heavy (non-hydrogen) atoms. The predicted molar refractivity (Wildman–Crippen MR) is 84.6 cm³/mol. The van der Waals surface area contributed by atoms with E-state index in [0.29, 0.717) is 5.92 Å². The molecular weight excluding hydrogens is 278 g/mol. The quantitative estimate of drug-likeness (QED) is 0.909. The van der Waals surface area contributed by atoms with Gasteiger partial charge < -0.3 is 10.1 Å². The first-order valence-corrected chi connectivity index (χ1v) is 8.39. The molecule has 0 aliphatic heterocycles. The van der Waals surface area contributed by atoms with Gasteiger partial charge in [-0.1, -0.05) is 0 Å². The van der Waals surface area contributed by atoms with Crippen molar-refractivity contribution >= 4 is 5.91 Å². The molecule has 2 aliphatic carbocycles. The highest BCUT2D eigenvalue weighted by Gasteiger charge is 2.29. The Kier molecular flexibility index (Phi) is 4.26. The van der Waals surface area contributed by atoms with Crippen molar-refractivity contribution in [2.24, 2.45) is 5.92 Å². The lowest BCUT2D eigenvalue weighted by Gasteiger charge is -2.28. The van der Waals surface area contributed by atoms with E-state index in [1.54, 1.807) is 0 Å². The second-order valence-corrected chi connectivity index (χ2v) is 7.60. The summed E-state index contributed by atoms with van der Waals surface area (Å²) in [5, 5.41) is 7.67. The molecule has 0 radical (unpaired) electrons. The first kappa shape index (κ1) is 15.5. The number of amides is 1. The molecule has 0 aromatic carbocycles. The molecular formula is C17H27N3O2. The average Bonchev–Trinajstić information content (AvgIpc) is 3.14. The summed E-state index contributed by atoms with van der Waals surface area (Å²) in [6.45, 7) is 7.39. The van der Waals surface area contributed by atoms with E-state index in [2.05, 4.69) is 35.9 Å². The van der Waals surface area contributed by atoms with Crippen molar-refractivity contribution in [2.45, 2.75) is 64.5 Å². The zero-order valence-electron chi connectivity index (χ0n) is 13.9. The molecule has 2 aliphatic rings. The minimum atomic E-state index is -0.0210. The van der Waals surface area contributed by atoms with Crippen LogP contribution in [0.15, 0.2) is 6.20 Å². The number of nitrogens with one attached hydrogen (secondary N) is 1. The minimum Gasteiger partial charge on any atom is -0.371 e. The van der Waals surface area contributed by atoms with Gasteiger partial charge in [-0.05, 0) is 58.8 Å². The first-order chi connectivity index (χ1) is 10.4. The number of carbonyl (C=O) groups is 1. The third-order valence-electron chi connectivity index (χ3n) is 4.44. The van der Waals surface area contributed by atoms with Crippen LogP contribution in [-0.4, -0.2) is 28.9 Å². The van der Waals surface area contributed by atoms with Gasteiger partial charge in [-0.25, -0.2) is 0 Å². The van der Waals surface area contributed by atoms with E-state index in [9.17, 15) is 4.79 Å². The molecule has 0 saturated heterocycles. The molecule has 0 bridgehead atoms. The van der Waals surface area contributed by atoms with Crippen LogP contribution in [0.25, 0.3) is 0 Å². The van der Waals surface area contributed by atoms with Gasteiger partial charge in [0.2, 0.25) is 5.91 Å². The van der Waals surface area contributed by atoms with Gasteiger partial charge in [-0.3, -0.25) is 9.48 Å². The molecule has 1 fully saturated rings. The Bertz CT molecular complexity index is 541. The van der Waals surface area contributed by atoms with Gasteiger partial charge in [0.1, 0.15) is 6.61 Å². The number of fused-ring (bicyclic) bond motifs is 1. The second-order valence-electron chi connectivity index (χ2n) is 7.60. The number of rotatable bonds is 5. The van der Waals surface area contributed by atoms with Gasteiger partial charge in [0.15, 0.2) is 0 Å². The number of hydrogen-bond donors (Lipinski definition) is 1. The van der Waals surface area contributed by atoms with Crippen LogP contribution in [-0.2, 0) is 21.5 Å². The van der Waals surface area contributed by atoms with Crippen LogP contribution in [0, 0.1) is 5.92 Å². The molecule has 3 rings (SSSR count). The fourth-order valence-corrected chi connectivity index (χ4v) is 3.12. The lowest BCUT2D eigenvalue weighted by Crippen LogP contribution is -2.34. The highest BCUT2D eigenvalue weighted by molar-refractivity contribution is 5.77. The smallest absolute Gasteiger partial charge is 0.246 e. The Morgan fingerprint density at radius 3 is 2.86 bits per heavy atom. The Morgan fingerprint density at radius 1 is 1.41 bits per heavy atom. The number of ether oxygens (including phenoxy) is 1. The van der Waals surface area contributed by atoms with Gasteiger partial charge in [0, 0.05) is 11.3 Å². The van der Waals surface area contributed by atoms with Crippen molar-refractivity contribution < 1.29 is 9.53 Å². The highest BCUT2D eigenvalue weighted by Crippen LogP contribution is 2.32. The second kappa shape index (κ2) is 6.03. The molecule has 1 aromatic rings. The summed E-state index contributed by atoms with van der Waals surface area (Å²) < 4.78 is 7.58. The largest absolute Gasteiger partial charge is 0.371 e. The zero-order valence-corrected chi connectivity index (χ0v) is 13.9. The van der Waals surface area contributed by atoms with E-state index in [1.165, 1.54) is 24.1 Å². The molecule has 1 N–H and O–H groups in total. The standard InChI is InChI=1S/C17H27N3O2/c1-17(2,3)20-15-6-4-5-14(13(15)9-18-20)19-16(21)11-22-10-12-7-8-12/h9,12,14H,4-8,10-11H2,1-3H3,(H,19,21)/t14-/m1/s1. The molecule has 5 nitrogen and oxygen atoms in total. The number of hydrogen-bond acceptors (Lipinski definition) is 3. The lowest BCUT2D eigenvalue weighted by atomic mass is 9.92. The maximum Gasteiger partial charge on any atom is 0.246 e. The number of aromatic nitrogens is 2. The van der Waals surface area contributed by atoms with E-state index in [1.807, 2.05) is 6.20 Å². The maximum atomic E-state index is 12.1. The van der Waals surface area contributed by atoms with Crippen molar-refractivity contribution in [2.75, 3.05) is 13.2 Å². The normalized spacial score (nSPS) is 21.5. The van der Waals surface area contributed by atoms with Crippen LogP contribution in [0.3, 0.4) is 0 Å². The molecule has 1 aromatic heterocycles. The predicted octanol–water partition coefficient (Wildman–Crippen LogP) is 2.56. The first-order valence-electron chi connectivity index (χ1n) is 8.39. The lowest BCUT2D eigenvalue weighted by molar-refractivity contribution is -0.126. The Labute approximate surface area is 132 Å². The van der Waals surface area contributed by atoms with E-state index < -0.39 is 0 Å². The molecule has 122 valence electrons. The Morgan fingerprint density at radius 2 is 2.18 bits per heavy atom. The number of nitrogens with zero attached hydrogens (tertiary/aromatic N) is 2. The minimum absolute atomic E-state index is 0.0120. The highest BCUT2D eigenvalue weighted by atomic mass is 16.5. The maximum absolute atomic E-state index is 12.1. The topological polar surface area (TPSA) is 56.2 Å². The van der Waals surface area contributed by atoms with Gasteiger partial charge in [-0.15, -0.1) is 0 Å². The van der Waals surface area contributed by atoms with Crippen molar-refractivity contribution in [1.29, 1.82) is 0 Å². The molecule has 1 saturated carbocycles. The van der Waals surface area contributed by atoms with Gasteiger partial charge in [0.05, 0.1) is 24.4 Å². The third kappa shape index (κ3) is 3.51. The fourth-order valence-electron chi connectivity index (χ4n) is 3.12. The molecule has 1 amide bonds. The van der Waals surface area contributed by atoms with Crippen molar-refractivity contribution in [3.05, 3.63) is 17.5 Å². The summed E-state index contributed by atoms with van der Waals surface area (Å²) in [6, 6.07) is 0.0804. The van der Waals surface area contributed by atoms with Gasteiger partial charge in [-0.2, -0.15) is 5.10 Å². The van der Waals surface area contributed by atoms with E-state index in [4.69, 9.17) is 4.74 Å². The molecule has 1 heterocycles. The van der Waals surface area contributed by atoms with Gasteiger partial charge in [0.25, 0.3) is 0 Å². The van der Waals surface area contributed by atoms with Gasteiger partial charge >= 0.3 is 0 Å². The van der Waals surface area contributed by atoms with Crippen LogP contribution in [0.5, 0.6) is 0 Å². The van der Waals surface area contributed by atoms with Crippen molar-refractivity contribution in [3.8, 4) is 0 Å². The summed E-state index contributed by atoms with van der Waals surface area (Å²) in [5.74, 6) is 0.682. The average molecular weight is 305 g/mol. The monoisotopic (exact) mass is 305 g/mol. The zero-order chi connectivity index (χ0) is 15.7. The summed E-state index contributed by atoms with van der Waals surface area (Å²) in [5.41, 5.74) is 2.42. The van der Waals surface area contributed by atoms with Crippen LogP contribution < -0.4 is 5.32 Å². The molecule has 0 spiro atoms. The van der Waals surface area contributed by atoms with Crippen LogP contribution in [0.1, 0.15) is 63.8 Å². The van der Waals surface area contributed by atoms with E-state index in [-0.39, 0.29) is 24.1 Å². The van der Waals surface area contributed by atoms with Crippen LogP contribution in [0.4, 0.5) is 0 Å². The molecule has 1 atom stereocenters. The summed E-state index contributed by atoms with van der Waals surface area (Å²) >= 11 is 0.